The van der Waals surface area contributed by atoms with E-state index in [4.69, 9.17) is 0 Å². The topological polar surface area (TPSA) is 65.5 Å². The van der Waals surface area contributed by atoms with Crippen molar-refractivity contribution in [1.82, 2.24) is 10.6 Å². The van der Waals surface area contributed by atoms with Crippen LogP contribution in [0.3, 0.4) is 0 Å². The average molecular weight is 490 g/mol. The van der Waals surface area contributed by atoms with Crippen LogP contribution in [-0.2, 0) is 10.2 Å². The molecule has 2 aromatic rings. The van der Waals surface area contributed by atoms with Gasteiger partial charge >= 0.3 is 0 Å². The molecule has 0 atom stereocenters. The Bertz CT molecular complexity index is 717. The van der Waals surface area contributed by atoms with Crippen molar-refractivity contribution in [3.63, 3.8) is 0 Å². The summed E-state index contributed by atoms with van der Waals surface area (Å²) < 4.78 is 12.9. The Morgan fingerprint density at radius 1 is 1.19 bits per heavy atom. The number of guanidine groups is 1. The Kier molecular flexibility index (Phi) is 9.00. The molecule has 0 aliphatic carbocycles. The molecule has 0 saturated carbocycles. The van der Waals surface area contributed by atoms with Gasteiger partial charge in [0.15, 0.2) is 5.96 Å². The van der Waals surface area contributed by atoms with Gasteiger partial charge in [-0.1, -0.05) is 19.9 Å². The molecule has 1 aromatic heterocycles. The number of aliphatic imine (C=N–C) groups is 1. The molecule has 2 rings (SSSR count). The highest BCUT2D eigenvalue weighted by atomic mass is 127. The van der Waals surface area contributed by atoms with E-state index in [1.165, 1.54) is 29.1 Å². The minimum absolute atomic E-state index is 0. The van der Waals surface area contributed by atoms with Gasteiger partial charge in [-0.25, -0.2) is 4.39 Å². The highest BCUT2D eigenvalue weighted by molar-refractivity contribution is 14.0. The molecular weight excluding hydrogens is 466 g/mol. The van der Waals surface area contributed by atoms with Crippen LogP contribution in [-0.4, -0.2) is 32.0 Å². The number of halogens is 2. The zero-order chi connectivity index (χ0) is 18.3. The fourth-order valence-corrected chi connectivity index (χ4v) is 3.03. The Morgan fingerprint density at radius 3 is 2.46 bits per heavy atom. The fourth-order valence-electron chi connectivity index (χ4n) is 2.18. The molecule has 3 N–H and O–H groups in total. The van der Waals surface area contributed by atoms with E-state index in [9.17, 15) is 9.18 Å². The second kappa shape index (κ2) is 10.5. The predicted molar refractivity (Wildman–Crippen MR) is 117 cm³/mol. The number of hydrogen-bond donors (Lipinski definition) is 3. The van der Waals surface area contributed by atoms with Crippen molar-refractivity contribution in [1.29, 1.82) is 0 Å². The van der Waals surface area contributed by atoms with E-state index in [1.54, 1.807) is 18.4 Å². The lowest BCUT2D eigenvalue weighted by Crippen LogP contribution is -2.45. The van der Waals surface area contributed by atoms with Crippen LogP contribution in [0.15, 0.2) is 46.8 Å². The lowest BCUT2D eigenvalue weighted by Gasteiger charge is -2.25. The standard InChI is InChI=1S/C18H23FN4OS.HI/c1-18(2,15-5-4-10-25-15)12-22-17(20-3)21-11-16(24)23-14-8-6-13(19)7-9-14;/h4-10H,11-12H2,1-3H3,(H,23,24)(H2,20,21,22);1H. The number of anilines is 1. The first-order chi connectivity index (χ1) is 11.9. The van der Waals surface area contributed by atoms with E-state index in [1.807, 2.05) is 6.07 Å². The summed E-state index contributed by atoms with van der Waals surface area (Å²) in [6, 6.07) is 9.79. The molecule has 142 valence electrons. The molecule has 1 amide bonds. The minimum Gasteiger partial charge on any atom is -0.356 e. The number of rotatable bonds is 6. The van der Waals surface area contributed by atoms with Crippen LogP contribution in [0.25, 0.3) is 0 Å². The highest BCUT2D eigenvalue weighted by Gasteiger charge is 2.22. The predicted octanol–water partition coefficient (Wildman–Crippen LogP) is 3.59. The van der Waals surface area contributed by atoms with Crippen LogP contribution < -0.4 is 16.0 Å². The largest absolute Gasteiger partial charge is 0.356 e. The van der Waals surface area contributed by atoms with Gasteiger partial charge in [0.2, 0.25) is 5.91 Å². The van der Waals surface area contributed by atoms with E-state index in [2.05, 4.69) is 46.2 Å². The fraction of sp³-hybridized carbons (Fsp3) is 0.333. The van der Waals surface area contributed by atoms with Crippen LogP contribution >= 0.6 is 35.3 Å². The zero-order valence-electron chi connectivity index (χ0n) is 15.0. The maximum absolute atomic E-state index is 12.9. The van der Waals surface area contributed by atoms with Crippen LogP contribution in [0.2, 0.25) is 0 Å². The summed E-state index contributed by atoms with van der Waals surface area (Å²) in [5.41, 5.74) is 0.511. The van der Waals surface area contributed by atoms with Gasteiger partial charge in [0.25, 0.3) is 0 Å². The van der Waals surface area contributed by atoms with E-state index < -0.39 is 0 Å². The van der Waals surface area contributed by atoms with Gasteiger partial charge in [-0.15, -0.1) is 35.3 Å². The molecule has 1 heterocycles. The van der Waals surface area contributed by atoms with Gasteiger partial charge in [0, 0.05) is 29.6 Å². The Hall–Kier alpha value is -1.68. The molecule has 0 aliphatic rings. The second-order valence-electron chi connectivity index (χ2n) is 6.20. The van der Waals surface area contributed by atoms with Crippen molar-refractivity contribution in [3.8, 4) is 0 Å². The molecule has 5 nitrogen and oxygen atoms in total. The van der Waals surface area contributed by atoms with Gasteiger partial charge in [0.05, 0.1) is 6.54 Å². The summed E-state index contributed by atoms with van der Waals surface area (Å²) in [5, 5.41) is 11.0. The number of carbonyl (C=O) groups excluding carboxylic acids is 1. The molecule has 0 aliphatic heterocycles. The van der Waals surface area contributed by atoms with E-state index in [0.717, 1.165) is 0 Å². The third kappa shape index (κ3) is 6.91. The average Bonchev–Trinajstić information content (AvgIpc) is 3.12. The number of nitrogens with one attached hydrogen (secondary N) is 3. The zero-order valence-corrected chi connectivity index (χ0v) is 18.2. The van der Waals surface area contributed by atoms with E-state index in [-0.39, 0.29) is 47.7 Å². The number of thiophene rings is 1. The summed E-state index contributed by atoms with van der Waals surface area (Å²) in [6.07, 6.45) is 0. The Balaban J connectivity index is 0.00000338. The first kappa shape index (κ1) is 22.4. The van der Waals surface area contributed by atoms with Gasteiger partial charge in [-0.3, -0.25) is 9.79 Å². The molecule has 1 aromatic carbocycles. The normalized spacial score (nSPS) is 11.5. The lowest BCUT2D eigenvalue weighted by molar-refractivity contribution is -0.115. The summed E-state index contributed by atoms with van der Waals surface area (Å²) in [5.74, 6) is -0.0138. The number of amides is 1. The van der Waals surface area contributed by atoms with Crippen molar-refractivity contribution < 1.29 is 9.18 Å². The Morgan fingerprint density at radius 2 is 1.88 bits per heavy atom. The van der Waals surface area contributed by atoms with Gasteiger partial charge in [-0.05, 0) is 35.7 Å². The smallest absolute Gasteiger partial charge is 0.243 e. The molecule has 0 bridgehead atoms. The first-order valence-corrected chi connectivity index (χ1v) is 8.82. The van der Waals surface area contributed by atoms with Crippen LogP contribution in [0.4, 0.5) is 10.1 Å². The number of carbonyl (C=O) groups is 1. The number of hydrogen-bond acceptors (Lipinski definition) is 3. The maximum Gasteiger partial charge on any atom is 0.243 e. The number of nitrogens with zero attached hydrogens (tertiary/aromatic N) is 1. The maximum atomic E-state index is 12.9. The number of benzene rings is 1. The molecule has 26 heavy (non-hydrogen) atoms. The second-order valence-corrected chi connectivity index (χ2v) is 7.14. The Labute approximate surface area is 174 Å². The van der Waals surface area contributed by atoms with Crippen LogP contribution in [0.5, 0.6) is 0 Å². The summed E-state index contributed by atoms with van der Waals surface area (Å²) in [7, 11) is 1.66. The molecule has 0 fully saturated rings. The van der Waals surface area contributed by atoms with Crippen molar-refractivity contribution in [2.45, 2.75) is 19.3 Å². The summed E-state index contributed by atoms with van der Waals surface area (Å²) in [4.78, 5) is 17.4. The third-order valence-corrected chi connectivity index (χ3v) is 4.89. The lowest BCUT2D eigenvalue weighted by atomic mass is 9.91. The van der Waals surface area contributed by atoms with Crippen molar-refractivity contribution in [2.75, 3.05) is 25.5 Å². The van der Waals surface area contributed by atoms with Crippen LogP contribution in [0.1, 0.15) is 18.7 Å². The molecule has 0 unspecified atom stereocenters. The summed E-state index contributed by atoms with van der Waals surface area (Å²) >= 11 is 1.72. The molecule has 0 spiro atoms. The van der Waals surface area contributed by atoms with Crippen molar-refractivity contribution in [3.05, 3.63) is 52.5 Å². The van der Waals surface area contributed by atoms with Crippen molar-refractivity contribution >= 4 is 52.9 Å². The quantitative estimate of drug-likeness (QED) is 0.330. The van der Waals surface area contributed by atoms with Crippen molar-refractivity contribution in [2.24, 2.45) is 4.99 Å². The van der Waals surface area contributed by atoms with Crippen LogP contribution in [0, 0.1) is 5.82 Å². The molecular formula is C18H24FIN4OS. The van der Waals surface area contributed by atoms with E-state index >= 15 is 0 Å². The third-order valence-electron chi connectivity index (χ3n) is 3.65. The minimum atomic E-state index is -0.339. The first-order valence-electron chi connectivity index (χ1n) is 7.94. The summed E-state index contributed by atoms with van der Waals surface area (Å²) in [6.45, 7) is 5.06. The molecule has 8 heteroatoms. The molecule has 0 saturated heterocycles. The monoisotopic (exact) mass is 490 g/mol. The molecule has 0 radical (unpaired) electrons. The van der Waals surface area contributed by atoms with E-state index in [0.29, 0.717) is 18.2 Å². The highest BCUT2D eigenvalue weighted by Crippen LogP contribution is 2.26. The van der Waals surface area contributed by atoms with Gasteiger partial charge in [-0.2, -0.15) is 0 Å². The SMILES string of the molecule is CN=C(NCC(=O)Nc1ccc(F)cc1)NCC(C)(C)c1cccs1.I. The van der Waals surface area contributed by atoms with Gasteiger partial charge in [0.1, 0.15) is 5.82 Å². The van der Waals surface area contributed by atoms with Gasteiger partial charge < -0.3 is 16.0 Å².